The van der Waals surface area contributed by atoms with Crippen LogP contribution in [0.2, 0.25) is 0 Å². The van der Waals surface area contributed by atoms with Gasteiger partial charge in [-0.15, -0.1) is 0 Å². The van der Waals surface area contributed by atoms with E-state index >= 15 is 0 Å². The third-order valence-electron chi connectivity index (χ3n) is 4.40. The lowest BCUT2D eigenvalue weighted by Gasteiger charge is -2.35. The van der Waals surface area contributed by atoms with Crippen LogP contribution in [0.1, 0.15) is 36.0 Å². The van der Waals surface area contributed by atoms with Gasteiger partial charge in [0.05, 0.1) is 0 Å². The number of hydrogen-bond donors (Lipinski definition) is 1. The van der Waals surface area contributed by atoms with Crippen LogP contribution in [0.25, 0.3) is 0 Å². The molecule has 1 nitrogen and oxygen atoms in total. The number of rotatable bonds is 0. The fraction of sp³-hybridized carbons (Fsp3) is 0.571. The lowest BCUT2D eigenvalue weighted by molar-refractivity contribution is 0.306. The molecule has 1 spiro atoms. The van der Waals surface area contributed by atoms with E-state index < -0.39 is 0 Å². The summed E-state index contributed by atoms with van der Waals surface area (Å²) in [6.07, 6.45) is 5.36. The first-order chi connectivity index (χ1) is 7.32. The number of benzene rings is 1. The monoisotopic (exact) mass is 201 g/mol. The van der Waals surface area contributed by atoms with Crippen LogP contribution in [0, 0.1) is 6.92 Å². The van der Waals surface area contributed by atoms with Crippen molar-refractivity contribution in [1.82, 2.24) is 5.32 Å². The minimum Gasteiger partial charge on any atom is -0.317 e. The highest BCUT2D eigenvalue weighted by Gasteiger charge is 2.39. The molecule has 0 radical (unpaired) electrons. The third kappa shape index (κ3) is 1.33. The highest BCUT2D eigenvalue weighted by Crippen LogP contribution is 2.45. The van der Waals surface area contributed by atoms with Crippen LogP contribution in [0.15, 0.2) is 18.2 Å². The van der Waals surface area contributed by atoms with Crippen molar-refractivity contribution in [3.63, 3.8) is 0 Å². The number of fused-ring (bicyclic) bond motifs is 2. The van der Waals surface area contributed by atoms with Gasteiger partial charge in [-0.1, -0.05) is 18.2 Å². The number of piperidine rings is 1. The Labute approximate surface area is 91.9 Å². The molecule has 1 aromatic rings. The molecule has 0 aromatic heterocycles. The summed E-state index contributed by atoms with van der Waals surface area (Å²) < 4.78 is 0. The molecular weight excluding hydrogens is 182 g/mol. The van der Waals surface area contributed by atoms with E-state index in [1.807, 2.05) is 0 Å². The minimum atomic E-state index is 0.534. The molecule has 1 fully saturated rings. The average Bonchev–Trinajstić information content (AvgIpc) is 2.61. The lowest BCUT2D eigenvalue weighted by atomic mass is 9.74. The number of nitrogens with one attached hydrogen (secondary N) is 1. The van der Waals surface area contributed by atoms with Gasteiger partial charge in [0.1, 0.15) is 0 Å². The molecule has 0 amide bonds. The van der Waals surface area contributed by atoms with Crippen molar-refractivity contribution >= 4 is 0 Å². The van der Waals surface area contributed by atoms with Crippen molar-refractivity contribution in [3.05, 3.63) is 34.9 Å². The topological polar surface area (TPSA) is 12.0 Å². The van der Waals surface area contributed by atoms with Crippen LogP contribution in [-0.2, 0) is 11.8 Å². The van der Waals surface area contributed by atoms with E-state index in [-0.39, 0.29) is 0 Å². The van der Waals surface area contributed by atoms with Gasteiger partial charge in [-0.3, -0.25) is 0 Å². The predicted molar refractivity (Wildman–Crippen MR) is 63.3 cm³/mol. The van der Waals surface area contributed by atoms with Crippen LogP contribution >= 0.6 is 0 Å². The van der Waals surface area contributed by atoms with E-state index in [9.17, 15) is 0 Å². The highest BCUT2D eigenvalue weighted by atomic mass is 14.9. The minimum absolute atomic E-state index is 0.534. The van der Waals surface area contributed by atoms with Crippen LogP contribution in [0.4, 0.5) is 0 Å². The molecule has 1 aliphatic carbocycles. The molecule has 80 valence electrons. The van der Waals surface area contributed by atoms with Gasteiger partial charge < -0.3 is 5.32 Å². The van der Waals surface area contributed by atoms with Gasteiger partial charge >= 0.3 is 0 Å². The Hall–Kier alpha value is -0.820. The molecule has 1 aromatic carbocycles. The SMILES string of the molecule is Cc1cccc2c1CCC21CCNCC1. The Balaban J connectivity index is 2.06. The standard InChI is InChI=1S/C14H19N/c1-11-3-2-4-13-12(11)5-6-14(13)7-9-15-10-8-14/h2-4,15H,5-10H2,1H3. The van der Waals surface area contributed by atoms with E-state index in [4.69, 9.17) is 0 Å². The quantitative estimate of drug-likeness (QED) is 0.680. The zero-order chi connectivity index (χ0) is 10.3. The predicted octanol–water partition coefficient (Wildman–Crippen LogP) is 2.56. The zero-order valence-corrected chi connectivity index (χ0v) is 9.47. The van der Waals surface area contributed by atoms with Gasteiger partial charge in [-0.2, -0.15) is 0 Å². The first-order valence-corrected chi connectivity index (χ1v) is 6.12. The summed E-state index contributed by atoms with van der Waals surface area (Å²) in [5.41, 5.74) is 5.36. The van der Waals surface area contributed by atoms with Crippen LogP contribution < -0.4 is 5.32 Å². The van der Waals surface area contributed by atoms with E-state index in [0.29, 0.717) is 5.41 Å². The maximum atomic E-state index is 3.48. The summed E-state index contributed by atoms with van der Waals surface area (Å²) in [6, 6.07) is 6.88. The Bertz CT molecular complexity index is 375. The molecule has 1 saturated heterocycles. The molecule has 1 heteroatoms. The van der Waals surface area contributed by atoms with Gasteiger partial charge in [0.2, 0.25) is 0 Å². The van der Waals surface area contributed by atoms with Crippen LogP contribution in [0.3, 0.4) is 0 Å². The molecule has 0 unspecified atom stereocenters. The molecule has 1 N–H and O–H groups in total. The molecule has 2 aliphatic rings. The van der Waals surface area contributed by atoms with Crippen molar-refractivity contribution in [2.24, 2.45) is 0 Å². The Morgan fingerprint density at radius 2 is 1.93 bits per heavy atom. The van der Waals surface area contributed by atoms with E-state index in [2.05, 4.69) is 30.4 Å². The summed E-state index contributed by atoms with van der Waals surface area (Å²) in [7, 11) is 0. The number of hydrogen-bond acceptors (Lipinski definition) is 1. The van der Waals surface area contributed by atoms with E-state index in [1.54, 1.807) is 11.1 Å². The molecule has 0 bridgehead atoms. The average molecular weight is 201 g/mol. The maximum Gasteiger partial charge on any atom is -0.00169 e. The largest absolute Gasteiger partial charge is 0.317 e. The second kappa shape index (κ2) is 3.34. The normalized spacial score (nSPS) is 23.0. The van der Waals surface area contributed by atoms with Crippen molar-refractivity contribution in [1.29, 1.82) is 0 Å². The maximum absolute atomic E-state index is 3.48. The molecule has 1 aliphatic heterocycles. The summed E-state index contributed by atoms with van der Waals surface area (Å²) in [5.74, 6) is 0. The van der Waals surface area contributed by atoms with Crippen LogP contribution in [0.5, 0.6) is 0 Å². The van der Waals surface area contributed by atoms with Gasteiger partial charge in [0, 0.05) is 0 Å². The van der Waals surface area contributed by atoms with Crippen molar-refractivity contribution in [2.45, 2.75) is 38.0 Å². The number of aryl methyl sites for hydroxylation is 1. The first kappa shape index (κ1) is 9.41. The van der Waals surface area contributed by atoms with E-state index in [1.165, 1.54) is 44.3 Å². The second-order valence-electron chi connectivity index (χ2n) is 5.13. The van der Waals surface area contributed by atoms with Crippen molar-refractivity contribution < 1.29 is 0 Å². The van der Waals surface area contributed by atoms with Crippen LogP contribution in [-0.4, -0.2) is 13.1 Å². The van der Waals surface area contributed by atoms with Crippen molar-refractivity contribution in [2.75, 3.05) is 13.1 Å². The zero-order valence-electron chi connectivity index (χ0n) is 9.47. The third-order valence-corrected chi connectivity index (χ3v) is 4.40. The molecule has 1 heterocycles. The molecular formula is C14H19N. The fourth-order valence-corrected chi connectivity index (χ4v) is 3.45. The molecule has 0 saturated carbocycles. The summed E-state index contributed by atoms with van der Waals surface area (Å²) in [6.45, 7) is 4.67. The molecule has 15 heavy (non-hydrogen) atoms. The smallest absolute Gasteiger partial charge is 0.00169 e. The van der Waals surface area contributed by atoms with Gasteiger partial charge in [0.15, 0.2) is 0 Å². The first-order valence-electron chi connectivity index (χ1n) is 6.12. The lowest BCUT2D eigenvalue weighted by Crippen LogP contribution is -2.38. The summed E-state index contributed by atoms with van der Waals surface area (Å²) >= 11 is 0. The molecule has 0 atom stereocenters. The Morgan fingerprint density at radius 3 is 2.73 bits per heavy atom. The fourth-order valence-electron chi connectivity index (χ4n) is 3.45. The molecule has 3 rings (SSSR count). The highest BCUT2D eigenvalue weighted by molar-refractivity contribution is 5.44. The van der Waals surface area contributed by atoms with Crippen molar-refractivity contribution in [3.8, 4) is 0 Å². The van der Waals surface area contributed by atoms with Gasteiger partial charge in [0.25, 0.3) is 0 Å². The Kier molecular flexibility index (Phi) is 2.10. The Morgan fingerprint density at radius 1 is 1.13 bits per heavy atom. The summed E-state index contributed by atoms with van der Waals surface area (Å²) in [5, 5.41) is 3.48. The summed E-state index contributed by atoms with van der Waals surface area (Å²) in [4.78, 5) is 0. The second-order valence-corrected chi connectivity index (χ2v) is 5.13. The van der Waals surface area contributed by atoms with Gasteiger partial charge in [-0.25, -0.2) is 0 Å². The van der Waals surface area contributed by atoms with Gasteiger partial charge in [-0.05, 0) is 67.8 Å². The van der Waals surface area contributed by atoms with E-state index in [0.717, 1.165) is 0 Å².